The van der Waals surface area contributed by atoms with Gasteiger partial charge in [-0.2, -0.15) is 0 Å². The fourth-order valence-electron chi connectivity index (χ4n) is 9.98. The van der Waals surface area contributed by atoms with Crippen LogP contribution in [0.1, 0.15) is 194 Å². The van der Waals surface area contributed by atoms with Crippen LogP contribution in [0.2, 0.25) is 0 Å². The zero-order chi connectivity index (χ0) is 56.2. The van der Waals surface area contributed by atoms with E-state index in [4.69, 9.17) is 28.4 Å². The van der Waals surface area contributed by atoms with E-state index >= 15 is 0 Å². The summed E-state index contributed by atoms with van der Waals surface area (Å²) in [5, 5.41) is 120. The number of allylic oxidation sites excluding steroid dienone is 5. The summed E-state index contributed by atoms with van der Waals surface area (Å²) in [5.41, 5.74) is 0. The highest BCUT2D eigenvalue weighted by Crippen LogP contribution is 2.33. The van der Waals surface area contributed by atoms with Gasteiger partial charge in [-0.05, 0) is 51.4 Å². The molecular formula is C58H105NO18. The number of unbranched alkanes of at least 4 members (excludes halogenated alkanes) is 23. The van der Waals surface area contributed by atoms with E-state index in [1.807, 2.05) is 6.08 Å². The first kappa shape index (κ1) is 69.3. The number of nitrogens with one attached hydrogen (secondary N) is 1. The highest BCUT2D eigenvalue weighted by atomic mass is 16.8. The zero-order valence-electron chi connectivity index (χ0n) is 46.7. The molecule has 0 aromatic carbocycles. The lowest BCUT2D eigenvalue weighted by Gasteiger charge is -2.48. The number of ether oxygens (including phenoxy) is 6. The first-order chi connectivity index (χ1) is 37.3. The fraction of sp³-hybridized carbons (Fsp3) is 0.879. The summed E-state index contributed by atoms with van der Waals surface area (Å²) in [4.78, 5) is 13.3. The Morgan fingerprint density at radius 1 is 0.468 bits per heavy atom. The number of carbonyl (C=O) groups is 1. The number of aliphatic hydroxyl groups excluding tert-OH is 11. The number of rotatable bonds is 43. The van der Waals surface area contributed by atoms with E-state index in [1.165, 1.54) is 83.5 Å². The Kier molecular flexibility index (Phi) is 37.7. The predicted octanol–water partition coefficient (Wildman–Crippen LogP) is 4.93. The molecule has 17 unspecified atom stereocenters. The van der Waals surface area contributed by atoms with Crippen molar-refractivity contribution in [1.29, 1.82) is 0 Å². The Morgan fingerprint density at radius 2 is 0.857 bits per heavy atom. The van der Waals surface area contributed by atoms with Crippen LogP contribution in [-0.2, 0) is 33.2 Å². The molecule has 3 fully saturated rings. The number of hydrogen-bond donors (Lipinski definition) is 12. The van der Waals surface area contributed by atoms with Gasteiger partial charge in [0.1, 0.15) is 73.2 Å². The maximum atomic E-state index is 13.3. The van der Waals surface area contributed by atoms with Crippen LogP contribution in [0, 0.1) is 0 Å². The van der Waals surface area contributed by atoms with Crippen LogP contribution in [0.4, 0.5) is 0 Å². The van der Waals surface area contributed by atoms with Crippen molar-refractivity contribution in [1.82, 2.24) is 5.32 Å². The Hall–Kier alpha value is -1.99. The van der Waals surface area contributed by atoms with Crippen molar-refractivity contribution >= 4 is 5.91 Å². The molecule has 19 heteroatoms. The van der Waals surface area contributed by atoms with E-state index < -0.39 is 124 Å². The predicted molar refractivity (Wildman–Crippen MR) is 291 cm³/mol. The summed E-state index contributed by atoms with van der Waals surface area (Å²) in [6, 6.07) is -0.975. The molecule has 0 aromatic rings. The van der Waals surface area contributed by atoms with Gasteiger partial charge in [-0.1, -0.05) is 172 Å². The van der Waals surface area contributed by atoms with Crippen molar-refractivity contribution in [2.24, 2.45) is 0 Å². The van der Waals surface area contributed by atoms with Gasteiger partial charge in [0.05, 0.1) is 38.6 Å². The molecule has 450 valence electrons. The number of amides is 1. The number of aliphatic hydroxyl groups is 11. The Morgan fingerprint density at radius 3 is 1.35 bits per heavy atom. The lowest BCUT2D eigenvalue weighted by Crippen LogP contribution is -2.66. The highest BCUT2D eigenvalue weighted by Gasteiger charge is 2.53. The van der Waals surface area contributed by atoms with Gasteiger partial charge in [-0.25, -0.2) is 0 Å². The molecule has 0 radical (unpaired) electrons. The molecule has 12 N–H and O–H groups in total. The van der Waals surface area contributed by atoms with Crippen LogP contribution in [0.15, 0.2) is 36.5 Å². The second-order valence-corrected chi connectivity index (χ2v) is 21.5. The highest BCUT2D eigenvalue weighted by molar-refractivity contribution is 5.76. The van der Waals surface area contributed by atoms with Crippen LogP contribution >= 0.6 is 0 Å². The van der Waals surface area contributed by atoms with Crippen molar-refractivity contribution in [3.63, 3.8) is 0 Å². The van der Waals surface area contributed by atoms with Crippen molar-refractivity contribution in [2.75, 3.05) is 26.4 Å². The third kappa shape index (κ3) is 26.2. The van der Waals surface area contributed by atoms with Crippen LogP contribution in [0.5, 0.6) is 0 Å². The van der Waals surface area contributed by atoms with Gasteiger partial charge in [0.15, 0.2) is 18.9 Å². The van der Waals surface area contributed by atoms with Gasteiger partial charge in [-0.3, -0.25) is 4.79 Å². The minimum atomic E-state index is -1.98. The Balaban J connectivity index is 1.52. The first-order valence-corrected chi connectivity index (χ1v) is 29.7. The molecule has 0 aliphatic carbocycles. The summed E-state index contributed by atoms with van der Waals surface area (Å²) in [5.74, 6) is -0.285. The lowest BCUT2D eigenvalue weighted by atomic mass is 9.96. The van der Waals surface area contributed by atoms with E-state index in [0.717, 1.165) is 83.5 Å². The van der Waals surface area contributed by atoms with Gasteiger partial charge in [0.2, 0.25) is 5.91 Å². The average Bonchev–Trinajstić information content (AvgIpc) is 3.44. The largest absolute Gasteiger partial charge is 0.394 e. The quantitative estimate of drug-likeness (QED) is 0.0285. The second kappa shape index (κ2) is 41.9. The fourth-order valence-corrected chi connectivity index (χ4v) is 9.98. The molecule has 3 heterocycles. The van der Waals surface area contributed by atoms with Crippen molar-refractivity contribution in [3.05, 3.63) is 36.5 Å². The van der Waals surface area contributed by atoms with E-state index in [9.17, 15) is 61.0 Å². The van der Waals surface area contributed by atoms with Gasteiger partial charge >= 0.3 is 0 Å². The minimum absolute atomic E-state index is 0.234. The molecule has 0 aromatic heterocycles. The Bertz CT molecular complexity index is 1550. The smallest absolute Gasteiger partial charge is 0.220 e. The standard InChI is InChI=1S/C58H105NO18/c1-3-5-7-9-11-13-15-17-19-20-22-24-26-28-30-32-34-36-46(64)59-41(42(63)35-33-31-29-27-25-23-21-18-16-14-12-10-8-6-4-2)40-72-56-52(70)49(67)54(44(38-61)74-56)77-58-53(71)50(68)55(45(39-62)75-58)76-57-51(69)48(66)47(65)43(37-60)73-57/h11,13,17,19,33,35,41-45,47-58,60-63,65-71H,3-10,12,14-16,18,20-32,34,36-40H2,1-2H3,(H,59,64)/b13-11-,19-17-,35-33+. The van der Waals surface area contributed by atoms with Crippen LogP contribution in [0.25, 0.3) is 0 Å². The summed E-state index contributed by atoms with van der Waals surface area (Å²) < 4.78 is 34.2. The Labute approximate surface area is 460 Å². The second-order valence-electron chi connectivity index (χ2n) is 21.5. The maximum absolute atomic E-state index is 13.3. The van der Waals surface area contributed by atoms with Gasteiger partial charge in [0.25, 0.3) is 0 Å². The topological polar surface area (TPSA) is 307 Å². The third-order valence-electron chi connectivity index (χ3n) is 14.9. The van der Waals surface area contributed by atoms with Gasteiger partial charge in [0, 0.05) is 6.42 Å². The van der Waals surface area contributed by atoms with E-state index in [-0.39, 0.29) is 18.9 Å². The van der Waals surface area contributed by atoms with E-state index in [0.29, 0.717) is 6.42 Å². The van der Waals surface area contributed by atoms with Crippen LogP contribution in [-0.4, -0.2) is 193 Å². The van der Waals surface area contributed by atoms with Gasteiger partial charge in [-0.15, -0.1) is 0 Å². The van der Waals surface area contributed by atoms with E-state index in [1.54, 1.807) is 6.08 Å². The molecule has 17 atom stereocenters. The molecule has 0 saturated carbocycles. The molecule has 77 heavy (non-hydrogen) atoms. The summed E-state index contributed by atoms with van der Waals surface area (Å²) >= 11 is 0. The molecule has 0 spiro atoms. The minimum Gasteiger partial charge on any atom is -0.394 e. The van der Waals surface area contributed by atoms with Crippen LogP contribution in [0.3, 0.4) is 0 Å². The van der Waals surface area contributed by atoms with E-state index in [2.05, 4.69) is 43.5 Å². The van der Waals surface area contributed by atoms with Gasteiger partial charge < -0.3 is 89.9 Å². The molecule has 3 aliphatic heterocycles. The third-order valence-corrected chi connectivity index (χ3v) is 14.9. The maximum Gasteiger partial charge on any atom is 0.220 e. The molecular weight excluding hydrogens is 999 g/mol. The summed E-state index contributed by atoms with van der Waals surface area (Å²) in [7, 11) is 0. The molecule has 0 bridgehead atoms. The monoisotopic (exact) mass is 1100 g/mol. The molecule has 3 aliphatic rings. The number of carbonyl (C=O) groups excluding carboxylic acids is 1. The molecule has 19 nitrogen and oxygen atoms in total. The van der Waals surface area contributed by atoms with Crippen molar-refractivity contribution < 1.29 is 89.4 Å². The summed E-state index contributed by atoms with van der Waals surface area (Å²) in [6.45, 7) is 1.68. The normalized spacial score (nSPS) is 30.9. The van der Waals surface area contributed by atoms with Crippen molar-refractivity contribution in [3.8, 4) is 0 Å². The number of hydrogen-bond acceptors (Lipinski definition) is 18. The molecule has 1 amide bonds. The SMILES string of the molecule is CCCCC/C=C\C/C=C\CCCCCCCCCC(=O)NC(COC1OC(CO)C(OC2OC(CO)C(OC3OC(CO)C(O)C(O)C3O)C(O)C2O)C(O)C1O)C(O)/C=C/CCCCCCCCCCCCCCC. The summed E-state index contributed by atoms with van der Waals surface area (Å²) in [6.07, 6.45) is 16.9. The lowest BCUT2D eigenvalue weighted by molar-refractivity contribution is -0.379. The van der Waals surface area contributed by atoms with Crippen LogP contribution < -0.4 is 5.32 Å². The molecule has 3 rings (SSSR count). The first-order valence-electron chi connectivity index (χ1n) is 29.7. The molecule has 3 saturated heterocycles. The average molecular weight is 1100 g/mol. The zero-order valence-corrected chi connectivity index (χ0v) is 46.7. The van der Waals surface area contributed by atoms with Crippen molar-refractivity contribution in [2.45, 2.75) is 298 Å².